The van der Waals surface area contributed by atoms with Crippen molar-refractivity contribution >= 4 is 55.0 Å². The smallest absolute Gasteiger partial charge is 0.0726 e. The van der Waals surface area contributed by atoms with E-state index in [1.807, 2.05) is 0 Å². The molecular formula is C62H43N. The molecule has 10 aromatic carbocycles. The number of nitrogens with zero attached hydrogens (tertiary/aromatic N) is 1. The van der Waals surface area contributed by atoms with E-state index in [4.69, 9.17) is 0 Å². The van der Waals surface area contributed by atoms with E-state index in [1.165, 1.54) is 93.5 Å². The average molecular weight is 802 g/mol. The number of para-hydroxylation sites is 1. The Morgan fingerprint density at radius 1 is 0.397 bits per heavy atom. The highest BCUT2D eigenvalue weighted by molar-refractivity contribution is 6.25. The van der Waals surface area contributed by atoms with Crippen LogP contribution in [0.5, 0.6) is 0 Å². The van der Waals surface area contributed by atoms with Gasteiger partial charge >= 0.3 is 0 Å². The molecule has 2 aliphatic rings. The first-order valence-corrected chi connectivity index (χ1v) is 21.9. The zero-order valence-corrected chi connectivity index (χ0v) is 35.1. The van der Waals surface area contributed by atoms with Crippen LogP contribution in [0.3, 0.4) is 0 Å². The van der Waals surface area contributed by atoms with Crippen molar-refractivity contribution in [1.29, 1.82) is 0 Å². The molecule has 296 valence electrons. The van der Waals surface area contributed by atoms with Crippen molar-refractivity contribution in [3.8, 4) is 33.4 Å². The molecule has 0 aromatic heterocycles. The Balaban J connectivity index is 1.11. The number of rotatable bonds is 7. The minimum absolute atomic E-state index is 0.515. The summed E-state index contributed by atoms with van der Waals surface area (Å²) in [6.45, 7) is 6.55. The molecule has 0 atom stereocenters. The molecule has 63 heavy (non-hydrogen) atoms. The molecule has 0 radical (unpaired) electrons. The zero-order valence-electron chi connectivity index (χ0n) is 35.1. The second-order valence-corrected chi connectivity index (χ2v) is 16.7. The second-order valence-electron chi connectivity index (χ2n) is 16.7. The Labute approximate surface area is 368 Å². The molecule has 0 fully saturated rings. The Morgan fingerprint density at radius 2 is 0.905 bits per heavy atom. The van der Waals surface area contributed by atoms with E-state index < -0.39 is 5.41 Å². The minimum Gasteiger partial charge on any atom is -0.310 e. The van der Waals surface area contributed by atoms with Crippen LogP contribution in [-0.2, 0) is 5.41 Å². The van der Waals surface area contributed by atoms with Gasteiger partial charge in [0.15, 0.2) is 0 Å². The molecule has 1 heteroatoms. The monoisotopic (exact) mass is 801 g/mol. The lowest BCUT2D eigenvalue weighted by Crippen LogP contribution is -2.27. The zero-order chi connectivity index (χ0) is 42.1. The van der Waals surface area contributed by atoms with Gasteiger partial charge in [-0.2, -0.15) is 0 Å². The summed E-state index contributed by atoms with van der Waals surface area (Å²) >= 11 is 0. The summed E-state index contributed by atoms with van der Waals surface area (Å²) in [4.78, 5) is 2.47. The Bertz CT molecular complexity index is 3450. The van der Waals surface area contributed by atoms with Crippen LogP contribution in [0.4, 0.5) is 17.1 Å². The van der Waals surface area contributed by atoms with Crippen molar-refractivity contribution < 1.29 is 0 Å². The van der Waals surface area contributed by atoms with Gasteiger partial charge in [-0.05, 0) is 137 Å². The van der Waals surface area contributed by atoms with Gasteiger partial charge in [0.05, 0.1) is 11.1 Å². The SMILES string of the molecule is C=CC1=C(/C=C\C)C2(c3cc(N(c4ccc(-c5ccccc5)cc4)c4ccccc4-c4ccc5c6ccccc6c6ccccc6c5c4)ccc31)c1ccccc1-c1ccccc12. The molecule has 0 unspecified atom stereocenters. The number of fused-ring (bicyclic) bond motifs is 13. The highest BCUT2D eigenvalue weighted by atomic mass is 15.1. The summed E-state index contributed by atoms with van der Waals surface area (Å²) < 4.78 is 0. The lowest BCUT2D eigenvalue weighted by molar-refractivity contribution is 0.786. The van der Waals surface area contributed by atoms with E-state index in [9.17, 15) is 0 Å². The minimum atomic E-state index is -0.515. The number of anilines is 3. The summed E-state index contributed by atoms with van der Waals surface area (Å²) in [5.41, 5.74) is 17.6. The quantitative estimate of drug-likeness (QED) is 0.145. The molecule has 10 aromatic rings. The fourth-order valence-electron chi connectivity index (χ4n) is 11.0. The summed E-state index contributed by atoms with van der Waals surface area (Å²) in [6.07, 6.45) is 6.56. The van der Waals surface area contributed by atoms with E-state index in [0.29, 0.717) is 0 Å². The first-order chi connectivity index (χ1) is 31.2. The average Bonchev–Trinajstić information content (AvgIpc) is 3.81. The van der Waals surface area contributed by atoms with Crippen molar-refractivity contribution in [3.05, 3.63) is 265 Å². The normalized spacial score (nSPS) is 13.5. The Morgan fingerprint density at radius 3 is 1.54 bits per heavy atom. The Hall–Kier alpha value is -8.00. The molecular weight excluding hydrogens is 759 g/mol. The van der Waals surface area contributed by atoms with Crippen LogP contribution < -0.4 is 4.90 Å². The van der Waals surface area contributed by atoms with E-state index >= 15 is 0 Å². The third-order valence-corrected chi connectivity index (χ3v) is 13.6. The van der Waals surface area contributed by atoms with E-state index in [1.54, 1.807) is 0 Å². The van der Waals surface area contributed by atoms with Crippen LogP contribution in [0.25, 0.3) is 71.3 Å². The fourth-order valence-corrected chi connectivity index (χ4v) is 11.0. The van der Waals surface area contributed by atoms with Crippen LogP contribution >= 0.6 is 0 Å². The second kappa shape index (κ2) is 14.6. The summed E-state index contributed by atoms with van der Waals surface area (Å²) in [5.74, 6) is 0. The van der Waals surface area contributed by atoms with Gasteiger partial charge in [-0.1, -0.05) is 201 Å². The summed E-state index contributed by atoms with van der Waals surface area (Å²) in [5, 5.41) is 7.63. The van der Waals surface area contributed by atoms with Crippen LogP contribution in [-0.4, -0.2) is 0 Å². The molecule has 0 amide bonds. The van der Waals surface area contributed by atoms with Crippen molar-refractivity contribution in [1.82, 2.24) is 0 Å². The molecule has 1 nitrogen and oxygen atoms in total. The van der Waals surface area contributed by atoms with Crippen molar-refractivity contribution in [2.75, 3.05) is 4.90 Å². The third kappa shape index (κ3) is 5.43. The summed E-state index contributed by atoms with van der Waals surface area (Å²) in [6, 6.07) is 78.4. The predicted octanol–water partition coefficient (Wildman–Crippen LogP) is 16.8. The highest BCUT2D eigenvalue weighted by Crippen LogP contribution is 2.63. The maximum Gasteiger partial charge on any atom is 0.0726 e. The van der Waals surface area contributed by atoms with Crippen molar-refractivity contribution in [2.45, 2.75) is 12.3 Å². The number of hydrogen-bond donors (Lipinski definition) is 0. The maximum absolute atomic E-state index is 4.43. The van der Waals surface area contributed by atoms with Gasteiger partial charge in [0.25, 0.3) is 0 Å². The Kier molecular flexibility index (Phi) is 8.52. The standard InChI is InChI=1S/C62H43N/c1-3-18-57-46(4-2)55-38-36-45(40-60(55)62(57)58-28-15-12-26-53(58)54-27-13-16-29-59(54)62)63(44-34-31-42(32-35-44)41-19-6-5-7-20-41)61-30-17-14-21-47(61)43-33-37-52-50-24-9-8-22-48(50)49-23-10-11-25-51(49)56(52)39-43/h3-40H,2H2,1H3/b18-3-. The van der Waals surface area contributed by atoms with Gasteiger partial charge in [0, 0.05) is 16.9 Å². The highest BCUT2D eigenvalue weighted by Gasteiger charge is 2.52. The van der Waals surface area contributed by atoms with E-state index in [0.717, 1.165) is 22.6 Å². The molecule has 0 saturated carbocycles. The molecule has 2 aliphatic carbocycles. The molecule has 0 N–H and O–H groups in total. The third-order valence-electron chi connectivity index (χ3n) is 13.6. The molecule has 0 saturated heterocycles. The van der Waals surface area contributed by atoms with Gasteiger partial charge in [-0.15, -0.1) is 0 Å². The van der Waals surface area contributed by atoms with Gasteiger partial charge in [0.2, 0.25) is 0 Å². The van der Waals surface area contributed by atoms with Crippen LogP contribution in [0.2, 0.25) is 0 Å². The van der Waals surface area contributed by atoms with Gasteiger partial charge in [-0.3, -0.25) is 0 Å². The fraction of sp³-hybridized carbons (Fsp3) is 0.0323. The van der Waals surface area contributed by atoms with Gasteiger partial charge in [-0.25, -0.2) is 0 Å². The first-order valence-electron chi connectivity index (χ1n) is 21.9. The number of hydrogen-bond acceptors (Lipinski definition) is 1. The molecule has 0 bridgehead atoms. The van der Waals surface area contributed by atoms with E-state index in [2.05, 4.69) is 249 Å². The lowest BCUT2D eigenvalue weighted by Gasteiger charge is -2.33. The molecule has 0 aliphatic heterocycles. The first kappa shape index (κ1) is 36.8. The lowest BCUT2D eigenvalue weighted by atomic mass is 9.69. The van der Waals surface area contributed by atoms with Crippen LogP contribution in [0.1, 0.15) is 29.2 Å². The number of allylic oxidation sites excluding steroid dienone is 5. The van der Waals surface area contributed by atoms with Crippen LogP contribution in [0.15, 0.2) is 243 Å². The molecule has 12 rings (SSSR count). The van der Waals surface area contributed by atoms with Gasteiger partial charge in [0.1, 0.15) is 0 Å². The predicted molar refractivity (Wildman–Crippen MR) is 268 cm³/mol. The molecule has 0 heterocycles. The largest absolute Gasteiger partial charge is 0.310 e. The van der Waals surface area contributed by atoms with Gasteiger partial charge < -0.3 is 4.90 Å². The van der Waals surface area contributed by atoms with Crippen molar-refractivity contribution in [2.24, 2.45) is 0 Å². The molecule has 1 spiro atoms. The van der Waals surface area contributed by atoms with Crippen LogP contribution in [0, 0.1) is 0 Å². The van der Waals surface area contributed by atoms with E-state index in [-0.39, 0.29) is 0 Å². The number of benzene rings is 10. The maximum atomic E-state index is 4.43. The summed E-state index contributed by atoms with van der Waals surface area (Å²) in [7, 11) is 0. The topological polar surface area (TPSA) is 3.24 Å². The van der Waals surface area contributed by atoms with Crippen molar-refractivity contribution in [3.63, 3.8) is 0 Å².